The van der Waals surface area contributed by atoms with Crippen molar-refractivity contribution < 1.29 is 23.9 Å². The first-order chi connectivity index (χ1) is 11.6. The maximum Gasteiger partial charge on any atom is 0.408 e. The van der Waals surface area contributed by atoms with Crippen LogP contribution < -0.4 is 5.32 Å². The average molecular weight is 332 g/mol. The normalized spacial score (nSPS) is 15.2. The molecule has 24 heavy (non-hydrogen) atoms. The molecular formula is C17H20N2O5. The minimum absolute atomic E-state index is 0.0128. The Morgan fingerprint density at radius 2 is 1.92 bits per heavy atom. The molecule has 1 aromatic carbocycles. The molecule has 2 amide bonds. The van der Waals surface area contributed by atoms with Gasteiger partial charge in [-0.05, 0) is 5.56 Å². The predicted molar refractivity (Wildman–Crippen MR) is 86.3 cm³/mol. The highest BCUT2D eigenvalue weighted by atomic mass is 16.5. The molecule has 1 unspecified atom stereocenters. The number of benzene rings is 1. The van der Waals surface area contributed by atoms with E-state index in [0.29, 0.717) is 31.9 Å². The van der Waals surface area contributed by atoms with Gasteiger partial charge in [0.1, 0.15) is 12.6 Å². The second kappa shape index (κ2) is 8.83. The van der Waals surface area contributed by atoms with Crippen molar-refractivity contribution in [2.75, 3.05) is 32.9 Å². The zero-order chi connectivity index (χ0) is 17.4. The van der Waals surface area contributed by atoms with Crippen molar-refractivity contribution in [2.24, 2.45) is 0 Å². The van der Waals surface area contributed by atoms with Gasteiger partial charge in [-0.15, -0.1) is 0 Å². The van der Waals surface area contributed by atoms with Crippen LogP contribution in [0.4, 0.5) is 4.79 Å². The van der Waals surface area contributed by atoms with Crippen LogP contribution in [0.25, 0.3) is 0 Å². The van der Waals surface area contributed by atoms with Gasteiger partial charge in [0.2, 0.25) is 5.78 Å². The van der Waals surface area contributed by atoms with Gasteiger partial charge < -0.3 is 19.7 Å². The maximum atomic E-state index is 12.6. The predicted octanol–water partition coefficient (Wildman–Crippen LogP) is 1.07. The Labute approximate surface area is 140 Å². The molecule has 1 aromatic rings. The Morgan fingerprint density at radius 1 is 1.25 bits per heavy atom. The summed E-state index contributed by atoms with van der Waals surface area (Å²) in [5.41, 5.74) is 0.514. The van der Waals surface area contributed by atoms with Gasteiger partial charge >= 0.3 is 6.09 Å². The third kappa shape index (κ3) is 4.66. The first kappa shape index (κ1) is 17.7. The number of nitrogens with one attached hydrogen (secondary N) is 1. The van der Waals surface area contributed by atoms with Gasteiger partial charge in [-0.3, -0.25) is 9.59 Å². The number of carbonyl (C=O) groups is 3. The van der Waals surface area contributed by atoms with Gasteiger partial charge in [0.15, 0.2) is 0 Å². The monoisotopic (exact) mass is 332 g/mol. The highest BCUT2D eigenvalue weighted by Crippen LogP contribution is 2.16. The van der Waals surface area contributed by atoms with Crippen LogP contribution in [-0.4, -0.2) is 55.6 Å². The maximum absolute atomic E-state index is 12.6. The van der Waals surface area contributed by atoms with Gasteiger partial charge in [-0.1, -0.05) is 43.0 Å². The molecule has 0 spiro atoms. The van der Waals surface area contributed by atoms with Crippen molar-refractivity contribution in [1.29, 1.82) is 0 Å². The van der Waals surface area contributed by atoms with Crippen LogP contribution in [0, 0.1) is 0 Å². The first-order valence-electron chi connectivity index (χ1n) is 7.63. The molecule has 1 fully saturated rings. The Hall–Kier alpha value is -2.67. The molecule has 0 saturated carbocycles. The molecule has 7 nitrogen and oxygen atoms in total. The molecule has 1 N–H and O–H groups in total. The lowest BCUT2D eigenvalue weighted by molar-refractivity contribution is -0.148. The van der Waals surface area contributed by atoms with E-state index in [-0.39, 0.29) is 6.61 Å². The van der Waals surface area contributed by atoms with Gasteiger partial charge in [0.25, 0.3) is 5.91 Å². The fourth-order valence-corrected chi connectivity index (χ4v) is 2.29. The van der Waals surface area contributed by atoms with Gasteiger partial charge in [0, 0.05) is 13.1 Å². The van der Waals surface area contributed by atoms with Crippen LogP contribution in [0.5, 0.6) is 0 Å². The number of alkyl carbamates (subject to hydrolysis) is 1. The third-order valence-electron chi connectivity index (χ3n) is 3.50. The topological polar surface area (TPSA) is 84.9 Å². The number of carbonyl (C=O) groups excluding carboxylic acids is 3. The number of amides is 2. The Morgan fingerprint density at radius 3 is 2.54 bits per heavy atom. The molecule has 1 saturated heterocycles. The van der Waals surface area contributed by atoms with Crippen molar-refractivity contribution in [1.82, 2.24) is 10.2 Å². The van der Waals surface area contributed by atoms with Gasteiger partial charge in [-0.25, -0.2) is 4.79 Å². The minimum Gasteiger partial charge on any atom is -0.445 e. The molecule has 7 heteroatoms. The number of ether oxygens (including phenoxy) is 2. The van der Waals surface area contributed by atoms with Crippen LogP contribution in [0.1, 0.15) is 11.6 Å². The van der Waals surface area contributed by atoms with Crippen LogP contribution >= 0.6 is 0 Å². The zero-order valence-electron chi connectivity index (χ0n) is 13.3. The first-order valence-corrected chi connectivity index (χ1v) is 7.63. The van der Waals surface area contributed by atoms with Crippen LogP contribution in [0.15, 0.2) is 43.0 Å². The molecule has 1 atom stereocenters. The molecule has 0 radical (unpaired) electrons. The highest BCUT2D eigenvalue weighted by molar-refractivity contribution is 6.38. The summed E-state index contributed by atoms with van der Waals surface area (Å²) in [6.45, 7) is 4.96. The van der Waals surface area contributed by atoms with Crippen molar-refractivity contribution in [3.63, 3.8) is 0 Å². The third-order valence-corrected chi connectivity index (χ3v) is 3.50. The van der Waals surface area contributed by atoms with E-state index in [1.54, 1.807) is 30.3 Å². The molecule has 0 aliphatic carbocycles. The van der Waals surface area contributed by atoms with Crippen molar-refractivity contribution in [2.45, 2.75) is 6.04 Å². The molecule has 128 valence electrons. The molecule has 2 rings (SSSR count). The van der Waals surface area contributed by atoms with E-state index in [9.17, 15) is 14.4 Å². The summed E-state index contributed by atoms with van der Waals surface area (Å²) < 4.78 is 10.0. The molecule has 1 aliphatic heterocycles. The quantitative estimate of drug-likeness (QED) is 0.622. The van der Waals surface area contributed by atoms with E-state index in [4.69, 9.17) is 9.47 Å². The second-order valence-corrected chi connectivity index (χ2v) is 5.14. The van der Waals surface area contributed by atoms with E-state index >= 15 is 0 Å². The van der Waals surface area contributed by atoms with E-state index in [2.05, 4.69) is 11.9 Å². The zero-order valence-corrected chi connectivity index (χ0v) is 13.3. The van der Waals surface area contributed by atoms with Gasteiger partial charge in [0.05, 0.1) is 13.2 Å². The number of nitrogens with zero attached hydrogens (tertiary/aromatic N) is 1. The largest absolute Gasteiger partial charge is 0.445 e. The number of hydrogen-bond acceptors (Lipinski definition) is 5. The average Bonchev–Trinajstić information content (AvgIpc) is 2.64. The lowest BCUT2D eigenvalue weighted by Crippen LogP contribution is -2.48. The van der Waals surface area contributed by atoms with E-state index in [1.807, 2.05) is 0 Å². The lowest BCUT2D eigenvalue weighted by Gasteiger charge is -2.27. The van der Waals surface area contributed by atoms with E-state index < -0.39 is 23.8 Å². The van der Waals surface area contributed by atoms with Crippen LogP contribution in [0.3, 0.4) is 0 Å². The van der Waals surface area contributed by atoms with E-state index in [1.165, 1.54) is 11.0 Å². The molecular weight excluding hydrogens is 312 g/mol. The van der Waals surface area contributed by atoms with Crippen LogP contribution in [-0.2, 0) is 19.1 Å². The Bertz CT molecular complexity index is 596. The standard InChI is InChI=1S/C17H20N2O5/c1-2-10-24-17(22)18-14(13-6-4-3-5-7-13)15(20)16(21)19-8-11-23-12-9-19/h2-7,14H,1,8-12H2,(H,18,22). The number of hydrogen-bond donors (Lipinski definition) is 1. The van der Waals surface area contributed by atoms with Crippen LogP contribution in [0.2, 0.25) is 0 Å². The second-order valence-electron chi connectivity index (χ2n) is 5.14. The van der Waals surface area contributed by atoms with Crippen molar-refractivity contribution >= 4 is 17.8 Å². The summed E-state index contributed by atoms with van der Waals surface area (Å²) in [7, 11) is 0. The summed E-state index contributed by atoms with van der Waals surface area (Å²) in [5, 5.41) is 2.45. The molecule has 0 bridgehead atoms. The minimum atomic E-state index is -1.10. The molecule has 1 aliphatic rings. The summed E-state index contributed by atoms with van der Waals surface area (Å²) in [6.07, 6.45) is 0.629. The molecule has 1 heterocycles. The molecule has 0 aromatic heterocycles. The fourth-order valence-electron chi connectivity index (χ4n) is 2.29. The summed E-state index contributed by atoms with van der Waals surface area (Å²) >= 11 is 0. The summed E-state index contributed by atoms with van der Waals surface area (Å²) in [4.78, 5) is 38.3. The Balaban J connectivity index is 2.14. The summed E-state index contributed by atoms with van der Waals surface area (Å²) in [5.74, 6) is -1.35. The number of morpholine rings is 1. The summed E-state index contributed by atoms with van der Waals surface area (Å²) in [6, 6.07) is 7.48. The number of ketones is 1. The lowest BCUT2D eigenvalue weighted by atomic mass is 10.0. The number of rotatable bonds is 6. The van der Waals surface area contributed by atoms with Crippen molar-refractivity contribution in [3.8, 4) is 0 Å². The smallest absolute Gasteiger partial charge is 0.408 e. The fraction of sp³-hybridized carbons (Fsp3) is 0.353. The number of Topliss-reactive ketones (excluding diaryl/α,β-unsaturated/α-hetero) is 1. The Kier molecular flexibility index (Phi) is 6.51. The van der Waals surface area contributed by atoms with E-state index in [0.717, 1.165) is 0 Å². The highest BCUT2D eigenvalue weighted by Gasteiger charge is 2.32. The SMILES string of the molecule is C=CCOC(=O)NC(C(=O)C(=O)N1CCOCC1)c1ccccc1. The van der Waals surface area contributed by atoms with Crippen molar-refractivity contribution in [3.05, 3.63) is 48.6 Å². The van der Waals surface area contributed by atoms with Gasteiger partial charge in [-0.2, -0.15) is 0 Å².